The quantitative estimate of drug-likeness (QED) is 0.663. The molecular formula is C21H32O3. The zero-order chi connectivity index (χ0) is 17.1. The van der Waals surface area contributed by atoms with E-state index >= 15 is 0 Å². The van der Waals surface area contributed by atoms with Crippen molar-refractivity contribution in [3.63, 3.8) is 0 Å². The summed E-state index contributed by atoms with van der Waals surface area (Å²) in [6.45, 7) is 6.42. The van der Waals surface area contributed by atoms with Crippen LogP contribution in [-0.4, -0.2) is 17.9 Å². The van der Waals surface area contributed by atoms with Crippen molar-refractivity contribution in [3.8, 4) is 0 Å². The maximum Gasteiger partial charge on any atom is 0.302 e. The second kappa shape index (κ2) is 5.57. The Labute approximate surface area is 145 Å². The molecule has 0 N–H and O–H groups in total. The van der Waals surface area contributed by atoms with Gasteiger partial charge in [0, 0.05) is 25.2 Å². The van der Waals surface area contributed by atoms with E-state index in [-0.39, 0.29) is 17.5 Å². The number of ketones is 1. The zero-order valence-electron chi connectivity index (χ0n) is 15.5. The van der Waals surface area contributed by atoms with Crippen LogP contribution in [0, 0.1) is 34.5 Å². The number of carbonyl (C=O) groups excluding carboxylic acids is 2. The maximum absolute atomic E-state index is 12.0. The highest BCUT2D eigenvalue weighted by Gasteiger charge is 2.60. The fourth-order valence-corrected chi connectivity index (χ4v) is 7.39. The largest absolute Gasteiger partial charge is 0.462 e. The molecule has 0 aromatic heterocycles. The highest BCUT2D eigenvalue weighted by Crippen LogP contribution is 2.66. The average molecular weight is 332 g/mol. The van der Waals surface area contributed by atoms with Gasteiger partial charge in [-0.2, -0.15) is 0 Å². The van der Waals surface area contributed by atoms with Crippen molar-refractivity contribution in [2.75, 3.05) is 0 Å². The summed E-state index contributed by atoms with van der Waals surface area (Å²) in [5, 5.41) is 0. The molecule has 0 aliphatic heterocycles. The van der Waals surface area contributed by atoms with Crippen molar-refractivity contribution >= 4 is 11.8 Å². The Hall–Kier alpha value is -0.860. The first kappa shape index (κ1) is 16.6. The predicted molar refractivity (Wildman–Crippen MR) is 92.3 cm³/mol. The van der Waals surface area contributed by atoms with Crippen LogP contribution < -0.4 is 0 Å². The third kappa shape index (κ3) is 2.29. The molecule has 0 spiro atoms. The van der Waals surface area contributed by atoms with Crippen molar-refractivity contribution < 1.29 is 14.3 Å². The van der Waals surface area contributed by atoms with Gasteiger partial charge in [-0.15, -0.1) is 0 Å². The van der Waals surface area contributed by atoms with E-state index in [0.29, 0.717) is 23.0 Å². The maximum atomic E-state index is 12.0. The summed E-state index contributed by atoms with van der Waals surface area (Å²) < 4.78 is 5.73. The second-order valence-electron chi connectivity index (χ2n) is 9.62. The molecule has 1 unspecified atom stereocenters. The molecule has 134 valence electrons. The van der Waals surface area contributed by atoms with Crippen LogP contribution >= 0.6 is 0 Å². The van der Waals surface area contributed by atoms with Crippen LogP contribution in [0.2, 0.25) is 0 Å². The lowest BCUT2D eigenvalue weighted by atomic mass is 9.45. The predicted octanol–water partition coefficient (Wildman–Crippen LogP) is 4.53. The Bertz CT molecular complexity index is 555. The minimum Gasteiger partial charge on any atom is -0.462 e. The SMILES string of the molecule is CC(=O)O[C@H]1CC[C@H]2C3CC[C@H]4CC(=O)CC[C@]4(C)[C@H]3CC[C@]12C. The lowest BCUT2D eigenvalue weighted by Crippen LogP contribution is -2.54. The van der Waals surface area contributed by atoms with E-state index in [1.807, 2.05) is 0 Å². The number of esters is 1. The summed E-state index contributed by atoms with van der Waals surface area (Å²) in [6.07, 6.45) is 10.1. The van der Waals surface area contributed by atoms with Crippen molar-refractivity contribution in [2.45, 2.75) is 84.7 Å². The smallest absolute Gasteiger partial charge is 0.302 e. The molecule has 0 aromatic carbocycles. The molecule has 0 saturated heterocycles. The molecule has 4 aliphatic rings. The van der Waals surface area contributed by atoms with Crippen LogP contribution in [0.3, 0.4) is 0 Å². The average Bonchev–Trinajstić information content (AvgIpc) is 2.84. The third-order valence-electron chi connectivity index (χ3n) is 8.70. The van der Waals surface area contributed by atoms with Gasteiger partial charge in [0.1, 0.15) is 11.9 Å². The number of rotatable bonds is 1. The number of Topliss-reactive ketones (excluding diaryl/α,β-unsaturated/α-hetero) is 1. The third-order valence-corrected chi connectivity index (χ3v) is 8.70. The van der Waals surface area contributed by atoms with E-state index in [1.54, 1.807) is 6.92 Å². The van der Waals surface area contributed by atoms with Gasteiger partial charge in [-0.25, -0.2) is 0 Å². The lowest BCUT2D eigenvalue weighted by molar-refractivity contribution is -0.162. The van der Waals surface area contributed by atoms with Gasteiger partial charge in [0.25, 0.3) is 0 Å². The molecule has 3 nitrogen and oxygen atoms in total. The molecular weight excluding hydrogens is 300 g/mol. The van der Waals surface area contributed by atoms with Gasteiger partial charge in [-0.1, -0.05) is 13.8 Å². The normalized spacial score (nSPS) is 50.6. The van der Waals surface area contributed by atoms with Crippen LogP contribution in [0.25, 0.3) is 0 Å². The minimum absolute atomic E-state index is 0.120. The van der Waals surface area contributed by atoms with E-state index < -0.39 is 0 Å². The Morgan fingerprint density at radius 2 is 1.75 bits per heavy atom. The fraction of sp³-hybridized carbons (Fsp3) is 0.905. The number of carbonyl (C=O) groups is 2. The number of ether oxygens (including phenoxy) is 1. The molecule has 4 saturated carbocycles. The summed E-state index contributed by atoms with van der Waals surface area (Å²) in [6, 6.07) is 0. The van der Waals surface area contributed by atoms with E-state index in [1.165, 1.54) is 32.1 Å². The van der Waals surface area contributed by atoms with E-state index in [9.17, 15) is 9.59 Å². The number of hydrogen-bond donors (Lipinski definition) is 0. The van der Waals surface area contributed by atoms with Gasteiger partial charge in [-0.05, 0) is 74.0 Å². The molecule has 0 amide bonds. The molecule has 4 aliphatic carbocycles. The number of hydrogen-bond acceptors (Lipinski definition) is 3. The summed E-state index contributed by atoms with van der Waals surface area (Å²) >= 11 is 0. The summed E-state index contributed by atoms with van der Waals surface area (Å²) in [7, 11) is 0. The first-order valence-corrected chi connectivity index (χ1v) is 10.0. The highest BCUT2D eigenvalue weighted by atomic mass is 16.5. The van der Waals surface area contributed by atoms with E-state index in [0.717, 1.165) is 37.5 Å². The van der Waals surface area contributed by atoms with Gasteiger partial charge in [0.05, 0.1) is 0 Å². The monoisotopic (exact) mass is 332 g/mol. The van der Waals surface area contributed by atoms with E-state index in [2.05, 4.69) is 13.8 Å². The molecule has 0 aromatic rings. The van der Waals surface area contributed by atoms with Crippen LogP contribution in [-0.2, 0) is 14.3 Å². The van der Waals surface area contributed by atoms with Crippen LogP contribution in [0.5, 0.6) is 0 Å². The lowest BCUT2D eigenvalue weighted by Gasteiger charge is -2.60. The molecule has 24 heavy (non-hydrogen) atoms. The van der Waals surface area contributed by atoms with Gasteiger partial charge in [0.15, 0.2) is 0 Å². The van der Waals surface area contributed by atoms with Crippen molar-refractivity contribution in [1.82, 2.24) is 0 Å². The molecule has 0 radical (unpaired) electrons. The minimum atomic E-state index is -0.120. The second-order valence-corrected chi connectivity index (χ2v) is 9.62. The molecule has 4 fully saturated rings. The van der Waals surface area contributed by atoms with Crippen molar-refractivity contribution in [1.29, 1.82) is 0 Å². The van der Waals surface area contributed by atoms with Crippen molar-refractivity contribution in [3.05, 3.63) is 0 Å². The molecule has 0 heterocycles. The Balaban J connectivity index is 1.58. The fourth-order valence-electron chi connectivity index (χ4n) is 7.39. The Kier molecular flexibility index (Phi) is 3.85. The molecule has 4 rings (SSSR count). The van der Waals surface area contributed by atoms with Gasteiger partial charge < -0.3 is 4.74 Å². The molecule has 0 bridgehead atoms. The van der Waals surface area contributed by atoms with Crippen LogP contribution in [0.1, 0.15) is 78.6 Å². The van der Waals surface area contributed by atoms with Gasteiger partial charge in [-0.3, -0.25) is 9.59 Å². The standard InChI is InChI=1S/C21H32O3/c1-13(22)24-19-7-6-17-16-5-4-14-12-15(23)8-10-20(14,2)18(16)9-11-21(17,19)3/h14,16-19H,4-12H2,1-3H3/t14-,16?,17-,18-,19-,20-,21-/m0/s1. The van der Waals surface area contributed by atoms with Crippen molar-refractivity contribution in [2.24, 2.45) is 34.5 Å². The molecule has 7 atom stereocenters. The topological polar surface area (TPSA) is 43.4 Å². The Morgan fingerprint density at radius 3 is 2.50 bits per heavy atom. The molecule has 3 heteroatoms. The van der Waals surface area contributed by atoms with Gasteiger partial charge >= 0.3 is 5.97 Å². The first-order chi connectivity index (χ1) is 11.3. The van der Waals surface area contributed by atoms with Crippen LogP contribution in [0.4, 0.5) is 0 Å². The number of fused-ring (bicyclic) bond motifs is 5. The summed E-state index contributed by atoms with van der Waals surface area (Å²) in [5.41, 5.74) is 0.554. The zero-order valence-corrected chi connectivity index (χ0v) is 15.5. The first-order valence-electron chi connectivity index (χ1n) is 10.0. The Morgan fingerprint density at radius 1 is 1.00 bits per heavy atom. The summed E-state index contributed by atoms with van der Waals surface area (Å²) in [4.78, 5) is 23.5. The van der Waals surface area contributed by atoms with E-state index in [4.69, 9.17) is 4.74 Å². The highest BCUT2D eigenvalue weighted by molar-refractivity contribution is 5.79. The van der Waals surface area contributed by atoms with Crippen LogP contribution in [0.15, 0.2) is 0 Å². The van der Waals surface area contributed by atoms with Gasteiger partial charge in [0.2, 0.25) is 0 Å². The summed E-state index contributed by atoms with van der Waals surface area (Å²) in [5.74, 6) is 3.25.